The van der Waals surface area contributed by atoms with Crippen molar-refractivity contribution in [2.24, 2.45) is 0 Å². The lowest BCUT2D eigenvalue weighted by atomic mass is 10.00. The number of Topliss-reactive ketones (excluding diaryl/α,β-unsaturated/α-hetero) is 1. The maximum atomic E-state index is 12.3. The molecule has 0 atom stereocenters. The molecule has 0 saturated heterocycles. The molecule has 0 radical (unpaired) electrons. The summed E-state index contributed by atoms with van der Waals surface area (Å²) in [6.45, 7) is 7.79. The van der Waals surface area contributed by atoms with Crippen LogP contribution in [-0.2, 0) is 4.74 Å². The Labute approximate surface area is 110 Å². The second-order valence-corrected chi connectivity index (χ2v) is 5.80. The second-order valence-electron chi connectivity index (χ2n) is 4.94. The Bertz CT molecular complexity index is 411. The van der Waals surface area contributed by atoms with Crippen LogP contribution in [0.15, 0.2) is 10.7 Å². The summed E-state index contributed by atoms with van der Waals surface area (Å²) in [5.41, 5.74) is 0.160. The fraction of sp³-hybridized carbons (Fsp3) is 0.667. The molecule has 0 fully saturated rings. The van der Waals surface area contributed by atoms with E-state index in [9.17, 15) is 4.79 Å². The van der Waals surface area contributed by atoms with Gasteiger partial charge in [0, 0.05) is 19.6 Å². The van der Waals surface area contributed by atoms with Crippen LogP contribution in [0, 0.1) is 0 Å². The summed E-state index contributed by atoms with van der Waals surface area (Å²) >= 11 is 3.37. The first-order valence-corrected chi connectivity index (χ1v) is 6.39. The van der Waals surface area contributed by atoms with Crippen LogP contribution in [0.1, 0.15) is 50.6 Å². The molecule has 0 aromatic carbocycles. The van der Waals surface area contributed by atoms with Gasteiger partial charge in [-0.2, -0.15) is 5.10 Å². The van der Waals surface area contributed by atoms with Gasteiger partial charge in [0.1, 0.15) is 5.69 Å². The quantitative estimate of drug-likeness (QED) is 0.784. The van der Waals surface area contributed by atoms with E-state index >= 15 is 0 Å². The number of ether oxygens (including phenoxy) is 1. The normalized spacial score (nSPS) is 12.2. The van der Waals surface area contributed by atoms with Crippen LogP contribution < -0.4 is 0 Å². The van der Waals surface area contributed by atoms with Gasteiger partial charge in [-0.1, -0.05) is 0 Å². The fourth-order valence-electron chi connectivity index (χ4n) is 1.54. The fourth-order valence-corrected chi connectivity index (χ4v) is 2.03. The number of hydrogen-bond acceptors (Lipinski definition) is 3. The molecule has 5 heteroatoms. The van der Waals surface area contributed by atoms with Gasteiger partial charge in [-0.15, -0.1) is 0 Å². The minimum Gasteiger partial charge on any atom is -0.378 e. The smallest absolute Gasteiger partial charge is 0.184 e. The van der Waals surface area contributed by atoms with Crippen molar-refractivity contribution in [1.82, 2.24) is 9.78 Å². The molecule has 96 valence electrons. The van der Waals surface area contributed by atoms with Crippen molar-refractivity contribution in [3.05, 3.63) is 16.4 Å². The van der Waals surface area contributed by atoms with Crippen LogP contribution in [0.5, 0.6) is 0 Å². The first-order valence-electron chi connectivity index (χ1n) is 5.60. The molecule has 0 aliphatic heterocycles. The van der Waals surface area contributed by atoms with Gasteiger partial charge in [-0.05, 0) is 43.6 Å². The van der Waals surface area contributed by atoms with Gasteiger partial charge >= 0.3 is 0 Å². The molecular weight excluding hydrogens is 284 g/mol. The highest BCUT2D eigenvalue weighted by Crippen LogP contribution is 2.24. The summed E-state index contributed by atoms with van der Waals surface area (Å²) < 4.78 is 7.75. The van der Waals surface area contributed by atoms with Gasteiger partial charge in [-0.25, -0.2) is 0 Å². The summed E-state index contributed by atoms with van der Waals surface area (Å²) in [5, 5.41) is 4.20. The number of carbonyl (C=O) groups excluding carboxylic acids is 1. The molecular formula is C12H19BrN2O2. The van der Waals surface area contributed by atoms with Gasteiger partial charge in [0.05, 0.1) is 16.3 Å². The topological polar surface area (TPSA) is 44.1 Å². The van der Waals surface area contributed by atoms with Gasteiger partial charge < -0.3 is 4.74 Å². The van der Waals surface area contributed by atoms with E-state index in [2.05, 4.69) is 21.0 Å². The highest BCUT2D eigenvalue weighted by Gasteiger charge is 2.26. The van der Waals surface area contributed by atoms with E-state index in [0.29, 0.717) is 12.1 Å². The van der Waals surface area contributed by atoms with E-state index in [4.69, 9.17) is 4.74 Å². The third-order valence-electron chi connectivity index (χ3n) is 2.64. The SMILES string of the molecule is COC(C)(C)CC(=O)c1c(Br)cnn1C(C)C. The molecule has 0 unspecified atom stereocenters. The van der Waals surface area contributed by atoms with E-state index < -0.39 is 5.60 Å². The molecule has 0 N–H and O–H groups in total. The molecule has 1 aromatic heterocycles. The van der Waals surface area contributed by atoms with E-state index in [1.54, 1.807) is 18.0 Å². The number of ketones is 1. The van der Waals surface area contributed by atoms with Crippen LogP contribution in [0.4, 0.5) is 0 Å². The molecule has 4 nitrogen and oxygen atoms in total. The van der Waals surface area contributed by atoms with Crippen LogP contribution >= 0.6 is 15.9 Å². The van der Waals surface area contributed by atoms with Crippen molar-refractivity contribution in [3.63, 3.8) is 0 Å². The summed E-state index contributed by atoms with van der Waals surface area (Å²) in [4.78, 5) is 12.3. The molecule has 17 heavy (non-hydrogen) atoms. The molecule has 1 aromatic rings. The summed E-state index contributed by atoms with van der Waals surface area (Å²) in [6.07, 6.45) is 1.99. The first kappa shape index (κ1) is 14.4. The van der Waals surface area contributed by atoms with Crippen molar-refractivity contribution < 1.29 is 9.53 Å². The van der Waals surface area contributed by atoms with E-state index in [1.807, 2.05) is 27.7 Å². The van der Waals surface area contributed by atoms with Gasteiger partial charge in [0.2, 0.25) is 0 Å². The summed E-state index contributed by atoms with van der Waals surface area (Å²) in [5.74, 6) is 0.0370. The Morgan fingerprint density at radius 2 is 2.18 bits per heavy atom. The Morgan fingerprint density at radius 3 is 2.65 bits per heavy atom. The predicted octanol–water partition coefficient (Wildman–Crippen LogP) is 3.22. The summed E-state index contributed by atoms with van der Waals surface area (Å²) in [6, 6.07) is 0.158. The Balaban J connectivity index is 3.00. The third-order valence-corrected chi connectivity index (χ3v) is 3.22. The Hall–Kier alpha value is -0.680. The second kappa shape index (κ2) is 5.31. The molecule has 1 heterocycles. The average molecular weight is 303 g/mol. The lowest BCUT2D eigenvalue weighted by molar-refractivity contribution is 0.0168. The zero-order valence-corrected chi connectivity index (χ0v) is 12.5. The van der Waals surface area contributed by atoms with Gasteiger partial charge in [0.25, 0.3) is 0 Å². The van der Waals surface area contributed by atoms with E-state index in [1.165, 1.54) is 0 Å². The van der Waals surface area contributed by atoms with Gasteiger partial charge in [0.15, 0.2) is 5.78 Å². The third kappa shape index (κ3) is 3.39. The molecule has 0 amide bonds. The molecule has 0 bridgehead atoms. The van der Waals surface area contributed by atoms with Gasteiger partial charge in [-0.3, -0.25) is 9.48 Å². The average Bonchev–Trinajstić information content (AvgIpc) is 2.59. The minimum atomic E-state index is -0.456. The molecule has 0 spiro atoms. The number of carbonyl (C=O) groups is 1. The van der Waals surface area contributed by atoms with Crippen LogP contribution in [0.25, 0.3) is 0 Å². The standard InChI is InChI=1S/C12H19BrN2O2/c1-8(2)15-11(9(13)7-14-15)10(16)6-12(3,4)17-5/h7-8H,6H2,1-5H3. The highest BCUT2D eigenvalue weighted by molar-refractivity contribution is 9.10. The number of methoxy groups -OCH3 is 1. The number of halogens is 1. The molecule has 0 saturated carbocycles. The van der Waals surface area contributed by atoms with Crippen molar-refractivity contribution in [3.8, 4) is 0 Å². The van der Waals surface area contributed by atoms with Crippen molar-refractivity contribution >= 4 is 21.7 Å². The van der Waals surface area contributed by atoms with E-state index in [-0.39, 0.29) is 11.8 Å². The van der Waals surface area contributed by atoms with Crippen LogP contribution in [0.2, 0.25) is 0 Å². The predicted molar refractivity (Wildman–Crippen MR) is 70.3 cm³/mol. The number of rotatable bonds is 5. The number of aromatic nitrogens is 2. The van der Waals surface area contributed by atoms with Crippen molar-refractivity contribution in [2.45, 2.75) is 45.8 Å². The minimum absolute atomic E-state index is 0.0370. The van der Waals surface area contributed by atoms with Crippen molar-refractivity contribution in [1.29, 1.82) is 0 Å². The maximum absolute atomic E-state index is 12.3. The highest BCUT2D eigenvalue weighted by atomic mass is 79.9. The monoisotopic (exact) mass is 302 g/mol. The molecule has 0 aliphatic carbocycles. The molecule has 0 aliphatic rings. The maximum Gasteiger partial charge on any atom is 0.184 e. The zero-order chi connectivity index (χ0) is 13.2. The zero-order valence-electron chi connectivity index (χ0n) is 11.0. The molecule has 1 rings (SSSR count). The van der Waals surface area contributed by atoms with Crippen LogP contribution in [0.3, 0.4) is 0 Å². The summed E-state index contributed by atoms with van der Waals surface area (Å²) in [7, 11) is 1.61. The van der Waals surface area contributed by atoms with Crippen LogP contribution in [-0.4, -0.2) is 28.3 Å². The van der Waals surface area contributed by atoms with E-state index in [0.717, 1.165) is 4.47 Å². The number of hydrogen-bond donors (Lipinski definition) is 0. The number of nitrogens with zero attached hydrogens (tertiary/aromatic N) is 2. The Morgan fingerprint density at radius 1 is 1.59 bits per heavy atom. The Kier molecular flexibility index (Phi) is 4.49. The lowest BCUT2D eigenvalue weighted by Gasteiger charge is -2.22. The van der Waals surface area contributed by atoms with Crippen molar-refractivity contribution in [2.75, 3.05) is 7.11 Å². The largest absolute Gasteiger partial charge is 0.378 e. The first-order chi connectivity index (χ1) is 7.78. The lowest BCUT2D eigenvalue weighted by Crippen LogP contribution is -2.28.